The summed E-state index contributed by atoms with van der Waals surface area (Å²) < 4.78 is 5.56. The Balaban J connectivity index is 2.79. The molecule has 0 fully saturated rings. The first kappa shape index (κ1) is 12.2. The molecule has 0 radical (unpaired) electrons. The second-order valence-corrected chi connectivity index (χ2v) is 3.84. The van der Waals surface area contributed by atoms with E-state index < -0.39 is 4.92 Å². The van der Waals surface area contributed by atoms with E-state index in [9.17, 15) is 10.1 Å². The number of ether oxygens (including phenoxy) is 1. The molecule has 86 valence electrons. The molecule has 0 N–H and O–H groups in total. The Morgan fingerprint density at radius 1 is 1.44 bits per heavy atom. The summed E-state index contributed by atoms with van der Waals surface area (Å²) in [7, 11) is 0. The van der Waals surface area contributed by atoms with Crippen LogP contribution in [0.25, 0.3) is 6.08 Å². The summed E-state index contributed by atoms with van der Waals surface area (Å²) in [6.07, 6.45) is 2.35. The van der Waals surface area contributed by atoms with Crippen LogP contribution in [0.5, 0.6) is 5.75 Å². The SMILES string of the molecule is CC(C)COc1ccccc1/C=C/[N+](=O)[O-]. The third-order valence-electron chi connectivity index (χ3n) is 1.87. The average Bonchev–Trinajstić information content (AvgIpc) is 2.24. The fourth-order valence-corrected chi connectivity index (χ4v) is 1.15. The van der Waals surface area contributed by atoms with Crippen LogP contribution in [0.2, 0.25) is 0 Å². The van der Waals surface area contributed by atoms with E-state index in [0.29, 0.717) is 18.3 Å². The average molecular weight is 221 g/mol. The number of hydrogen-bond acceptors (Lipinski definition) is 3. The maximum Gasteiger partial charge on any atom is 0.235 e. The molecular formula is C12H15NO3. The third-order valence-corrected chi connectivity index (χ3v) is 1.87. The van der Waals surface area contributed by atoms with Crippen molar-refractivity contribution in [3.05, 3.63) is 46.1 Å². The minimum absolute atomic E-state index is 0.424. The Kier molecular flexibility index (Phi) is 4.51. The minimum atomic E-state index is -0.487. The normalized spacial score (nSPS) is 10.9. The van der Waals surface area contributed by atoms with E-state index in [0.717, 1.165) is 11.8 Å². The van der Waals surface area contributed by atoms with Gasteiger partial charge in [-0.25, -0.2) is 0 Å². The van der Waals surface area contributed by atoms with Crippen molar-refractivity contribution in [1.29, 1.82) is 0 Å². The van der Waals surface area contributed by atoms with Crippen LogP contribution in [0.4, 0.5) is 0 Å². The summed E-state index contributed by atoms with van der Waals surface area (Å²) in [6.45, 7) is 4.70. The number of rotatable bonds is 5. The highest BCUT2D eigenvalue weighted by Gasteiger charge is 2.02. The van der Waals surface area contributed by atoms with Gasteiger partial charge in [0.15, 0.2) is 0 Å². The minimum Gasteiger partial charge on any atom is -0.493 e. The zero-order valence-corrected chi connectivity index (χ0v) is 9.42. The van der Waals surface area contributed by atoms with Crippen LogP contribution in [-0.4, -0.2) is 11.5 Å². The van der Waals surface area contributed by atoms with Gasteiger partial charge in [-0.3, -0.25) is 10.1 Å². The van der Waals surface area contributed by atoms with Crippen LogP contribution in [0.15, 0.2) is 30.5 Å². The standard InChI is InChI=1S/C12H15NO3/c1-10(2)9-16-12-6-4-3-5-11(12)7-8-13(14)15/h3-8,10H,9H2,1-2H3/b8-7+. The molecule has 0 atom stereocenters. The van der Waals surface area contributed by atoms with Gasteiger partial charge < -0.3 is 4.74 Å². The zero-order chi connectivity index (χ0) is 12.0. The lowest BCUT2D eigenvalue weighted by atomic mass is 10.2. The molecule has 4 nitrogen and oxygen atoms in total. The molecule has 4 heteroatoms. The van der Waals surface area contributed by atoms with Crippen LogP contribution in [0, 0.1) is 16.0 Å². The van der Waals surface area contributed by atoms with E-state index in [1.54, 1.807) is 6.07 Å². The van der Waals surface area contributed by atoms with Gasteiger partial charge in [-0.15, -0.1) is 0 Å². The molecule has 0 bridgehead atoms. The Hall–Kier alpha value is -1.84. The molecule has 0 saturated heterocycles. The van der Waals surface area contributed by atoms with Crippen molar-refractivity contribution in [2.45, 2.75) is 13.8 Å². The lowest BCUT2D eigenvalue weighted by Gasteiger charge is -2.10. The van der Waals surface area contributed by atoms with Gasteiger partial charge in [0.1, 0.15) is 5.75 Å². The van der Waals surface area contributed by atoms with Crippen molar-refractivity contribution in [2.75, 3.05) is 6.61 Å². The van der Waals surface area contributed by atoms with Gasteiger partial charge in [-0.1, -0.05) is 32.0 Å². The molecule has 0 spiro atoms. The summed E-state index contributed by atoms with van der Waals surface area (Å²) in [6, 6.07) is 7.26. The van der Waals surface area contributed by atoms with E-state index in [2.05, 4.69) is 13.8 Å². The molecule has 16 heavy (non-hydrogen) atoms. The van der Waals surface area contributed by atoms with Gasteiger partial charge in [0.05, 0.1) is 11.5 Å². The molecule has 0 heterocycles. The van der Waals surface area contributed by atoms with Crippen molar-refractivity contribution in [3.63, 3.8) is 0 Å². The van der Waals surface area contributed by atoms with E-state index in [-0.39, 0.29) is 0 Å². The third kappa shape index (κ3) is 4.13. The van der Waals surface area contributed by atoms with E-state index in [4.69, 9.17) is 4.74 Å². The van der Waals surface area contributed by atoms with Crippen LogP contribution in [0.3, 0.4) is 0 Å². The Bertz CT molecular complexity index is 386. The van der Waals surface area contributed by atoms with E-state index >= 15 is 0 Å². The second-order valence-electron chi connectivity index (χ2n) is 3.84. The van der Waals surface area contributed by atoms with Crippen LogP contribution in [-0.2, 0) is 0 Å². The fraction of sp³-hybridized carbons (Fsp3) is 0.333. The highest BCUT2D eigenvalue weighted by molar-refractivity contribution is 5.56. The second kappa shape index (κ2) is 5.90. The largest absolute Gasteiger partial charge is 0.493 e. The van der Waals surface area contributed by atoms with Crippen molar-refractivity contribution < 1.29 is 9.66 Å². The maximum absolute atomic E-state index is 10.2. The van der Waals surface area contributed by atoms with Crippen molar-refractivity contribution in [2.24, 2.45) is 5.92 Å². The molecule has 1 aromatic carbocycles. The summed E-state index contributed by atoms with van der Waals surface area (Å²) in [5.74, 6) is 1.10. The summed E-state index contributed by atoms with van der Waals surface area (Å²) in [4.78, 5) is 9.74. The highest BCUT2D eigenvalue weighted by atomic mass is 16.6. The van der Waals surface area contributed by atoms with Crippen molar-refractivity contribution in [3.8, 4) is 5.75 Å². The topological polar surface area (TPSA) is 52.4 Å². The molecule has 0 amide bonds. The summed E-state index contributed by atoms with van der Waals surface area (Å²) >= 11 is 0. The molecular weight excluding hydrogens is 206 g/mol. The molecule has 0 aliphatic rings. The Morgan fingerprint density at radius 3 is 2.75 bits per heavy atom. The fourth-order valence-electron chi connectivity index (χ4n) is 1.15. The Morgan fingerprint density at radius 2 is 2.12 bits per heavy atom. The first-order valence-corrected chi connectivity index (χ1v) is 5.13. The van der Waals surface area contributed by atoms with Crippen molar-refractivity contribution >= 4 is 6.08 Å². The van der Waals surface area contributed by atoms with Crippen molar-refractivity contribution in [1.82, 2.24) is 0 Å². The number of nitro groups is 1. The summed E-state index contributed by atoms with van der Waals surface area (Å²) in [5.41, 5.74) is 0.722. The molecule has 0 aliphatic heterocycles. The predicted octanol–water partition coefficient (Wildman–Crippen LogP) is 2.97. The first-order chi connectivity index (χ1) is 7.59. The number of para-hydroxylation sites is 1. The van der Waals surface area contributed by atoms with Crippen LogP contribution in [0.1, 0.15) is 19.4 Å². The lowest BCUT2D eigenvalue weighted by Crippen LogP contribution is -2.05. The number of hydrogen-bond donors (Lipinski definition) is 0. The predicted molar refractivity (Wildman–Crippen MR) is 62.8 cm³/mol. The molecule has 1 rings (SSSR count). The van der Waals surface area contributed by atoms with Crippen LogP contribution >= 0.6 is 0 Å². The van der Waals surface area contributed by atoms with E-state index in [1.165, 1.54) is 6.08 Å². The number of benzene rings is 1. The molecule has 0 unspecified atom stereocenters. The molecule has 0 aliphatic carbocycles. The first-order valence-electron chi connectivity index (χ1n) is 5.13. The molecule has 1 aromatic rings. The molecule has 0 saturated carbocycles. The van der Waals surface area contributed by atoms with Gasteiger partial charge in [0, 0.05) is 11.6 Å². The van der Waals surface area contributed by atoms with Gasteiger partial charge in [0.2, 0.25) is 6.20 Å². The number of nitrogens with zero attached hydrogens (tertiary/aromatic N) is 1. The van der Waals surface area contributed by atoms with Gasteiger partial charge >= 0.3 is 0 Å². The summed E-state index contributed by atoms with van der Waals surface area (Å²) in [5, 5.41) is 10.2. The van der Waals surface area contributed by atoms with Gasteiger partial charge in [-0.05, 0) is 12.0 Å². The lowest BCUT2D eigenvalue weighted by molar-refractivity contribution is -0.400. The maximum atomic E-state index is 10.2. The smallest absolute Gasteiger partial charge is 0.235 e. The van der Waals surface area contributed by atoms with E-state index in [1.807, 2.05) is 18.2 Å². The zero-order valence-electron chi connectivity index (χ0n) is 9.42. The monoisotopic (exact) mass is 221 g/mol. The van der Waals surface area contributed by atoms with Gasteiger partial charge in [0.25, 0.3) is 0 Å². The highest BCUT2D eigenvalue weighted by Crippen LogP contribution is 2.20. The quantitative estimate of drug-likeness (QED) is 0.567. The Labute approximate surface area is 94.7 Å². The van der Waals surface area contributed by atoms with Crippen LogP contribution < -0.4 is 4.74 Å². The molecule has 0 aromatic heterocycles. The van der Waals surface area contributed by atoms with Gasteiger partial charge in [-0.2, -0.15) is 0 Å².